The summed E-state index contributed by atoms with van der Waals surface area (Å²) in [5.74, 6) is 0.130. The molecule has 0 aromatic carbocycles. The Morgan fingerprint density at radius 3 is 2.78 bits per heavy atom. The van der Waals surface area contributed by atoms with E-state index in [9.17, 15) is 14.9 Å². The molecule has 0 radical (unpaired) electrons. The number of aryl methyl sites for hydroxylation is 2. The normalized spacial score (nSPS) is 10.4. The third-order valence-corrected chi connectivity index (χ3v) is 3.33. The van der Waals surface area contributed by atoms with E-state index in [4.69, 9.17) is 4.52 Å². The molecule has 0 atom stereocenters. The molecule has 2 aromatic heterocycles. The van der Waals surface area contributed by atoms with E-state index in [1.807, 2.05) is 6.92 Å². The Morgan fingerprint density at radius 1 is 1.48 bits per heavy atom. The van der Waals surface area contributed by atoms with Crippen LogP contribution in [0.15, 0.2) is 16.8 Å². The van der Waals surface area contributed by atoms with Crippen LogP contribution in [0.3, 0.4) is 0 Å². The second-order valence-corrected chi connectivity index (χ2v) is 4.82. The highest BCUT2D eigenvalue weighted by Crippen LogP contribution is 2.23. The SMILES string of the molecule is COC(=O)c1cnc(NCCc2c(C)noc2C)c([N+](=O)[O-])c1. The first-order valence-electron chi connectivity index (χ1n) is 6.82. The maximum Gasteiger partial charge on any atom is 0.339 e. The average molecular weight is 320 g/mol. The molecule has 0 fully saturated rings. The van der Waals surface area contributed by atoms with Crippen molar-refractivity contribution in [3.05, 3.63) is 45.0 Å². The van der Waals surface area contributed by atoms with Crippen molar-refractivity contribution in [1.82, 2.24) is 10.1 Å². The third-order valence-electron chi connectivity index (χ3n) is 3.33. The van der Waals surface area contributed by atoms with Gasteiger partial charge >= 0.3 is 11.7 Å². The molecule has 122 valence electrons. The molecule has 9 heteroatoms. The molecule has 2 aromatic rings. The first kappa shape index (κ1) is 16.4. The maximum absolute atomic E-state index is 11.4. The zero-order chi connectivity index (χ0) is 17.0. The van der Waals surface area contributed by atoms with Gasteiger partial charge in [0, 0.05) is 24.4 Å². The lowest BCUT2D eigenvalue weighted by Crippen LogP contribution is -2.11. The van der Waals surface area contributed by atoms with Gasteiger partial charge in [-0.3, -0.25) is 10.1 Å². The smallest absolute Gasteiger partial charge is 0.339 e. The molecule has 0 spiro atoms. The van der Waals surface area contributed by atoms with E-state index < -0.39 is 10.9 Å². The van der Waals surface area contributed by atoms with Gasteiger partial charge in [-0.15, -0.1) is 0 Å². The van der Waals surface area contributed by atoms with Crippen molar-refractivity contribution in [3.8, 4) is 0 Å². The zero-order valence-corrected chi connectivity index (χ0v) is 13.0. The summed E-state index contributed by atoms with van der Waals surface area (Å²) in [4.78, 5) is 25.9. The fourth-order valence-corrected chi connectivity index (χ4v) is 2.12. The van der Waals surface area contributed by atoms with Gasteiger partial charge in [-0.1, -0.05) is 5.16 Å². The lowest BCUT2D eigenvalue weighted by atomic mass is 10.1. The molecular formula is C14H16N4O5. The van der Waals surface area contributed by atoms with Gasteiger partial charge in [0.2, 0.25) is 5.82 Å². The van der Waals surface area contributed by atoms with E-state index in [2.05, 4.69) is 20.2 Å². The molecule has 23 heavy (non-hydrogen) atoms. The molecular weight excluding hydrogens is 304 g/mol. The number of methoxy groups -OCH3 is 1. The molecule has 0 aliphatic heterocycles. The summed E-state index contributed by atoms with van der Waals surface area (Å²) in [6.07, 6.45) is 1.82. The van der Waals surface area contributed by atoms with Gasteiger partial charge in [0.1, 0.15) is 5.76 Å². The van der Waals surface area contributed by atoms with Crippen LogP contribution in [0.1, 0.15) is 27.4 Å². The molecule has 0 unspecified atom stereocenters. The molecule has 0 aliphatic rings. The van der Waals surface area contributed by atoms with E-state index in [0.717, 1.165) is 17.3 Å². The molecule has 0 bridgehead atoms. The number of rotatable bonds is 6. The summed E-state index contributed by atoms with van der Waals surface area (Å²) >= 11 is 0. The number of carbonyl (C=O) groups excluding carboxylic acids is 1. The van der Waals surface area contributed by atoms with E-state index in [-0.39, 0.29) is 17.1 Å². The largest absolute Gasteiger partial charge is 0.465 e. The Balaban J connectivity index is 2.13. The number of carbonyl (C=O) groups is 1. The van der Waals surface area contributed by atoms with Crippen LogP contribution in [-0.4, -0.2) is 34.7 Å². The number of nitro groups is 1. The number of nitrogens with one attached hydrogen (secondary N) is 1. The highest BCUT2D eigenvalue weighted by molar-refractivity contribution is 5.90. The van der Waals surface area contributed by atoms with Crippen molar-refractivity contribution in [1.29, 1.82) is 0 Å². The van der Waals surface area contributed by atoms with Gasteiger partial charge in [0.15, 0.2) is 0 Å². The van der Waals surface area contributed by atoms with Crippen LogP contribution in [0.5, 0.6) is 0 Å². The monoisotopic (exact) mass is 320 g/mol. The molecule has 0 saturated heterocycles. The number of aromatic nitrogens is 2. The van der Waals surface area contributed by atoms with Gasteiger partial charge < -0.3 is 14.6 Å². The maximum atomic E-state index is 11.4. The number of nitrogens with zero attached hydrogens (tertiary/aromatic N) is 3. The molecule has 0 aliphatic carbocycles. The summed E-state index contributed by atoms with van der Waals surface area (Å²) in [6.45, 7) is 4.05. The number of hydrogen-bond donors (Lipinski definition) is 1. The van der Waals surface area contributed by atoms with Gasteiger partial charge in [-0.2, -0.15) is 0 Å². The number of esters is 1. The van der Waals surface area contributed by atoms with Crippen LogP contribution in [0.2, 0.25) is 0 Å². The first-order valence-corrected chi connectivity index (χ1v) is 6.82. The van der Waals surface area contributed by atoms with Gasteiger partial charge in [-0.25, -0.2) is 9.78 Å². The summed E-state index contributed by atoms with van der Waals surface area (Å²) < 4.78 is 9.59. The topological polar surface area (TPSA) is 120 Å². The second kappa shape index (κ2) is 6.86. The van der Waals surface area contributed by atoms with Gasteiger partial charge in [0.05, 0.1) is 23.3 Å². The Labute approximate surface area is 131 Å². The van der Waals surface area contributed by atoms with Gasteiger partial charge in [0.25, 0.3) is 0 Å². The van der Waals surface area contributed by atoms with E-state index in [0.29, 0.717) is 18.7 Å². The fraction of sp³-hybridized carbons (Fsp3) is 0.357. The van der Waals surface area contributed by atoms with Crippen LogP contribution in [0.4, 0.5) is 11.5 Å². The minimum absolute atomic E-state index is 0.0236. The predicted molar refractivity (Wildman–Crippen MR) is 80.4 cm³/mol. The van der Waals surface area contributed by atoms with E-state index >= 15 is 0 Å². The first-order chi connectivity index (χ1) is 10.9. The second-order valence-electron chi connectivity index (χ2n) is 4.82. The fourth-order valence-electron chi connectivity index (χ4n) is 2.12. The molecule has 2 heterocycles. The van der Waals surface area contributed by atoms with Crippen molar-refractivity contribution < 1.29 is 19.0 Å². The molecule has 9 nitrogen and oxygen atoms in total. The van der Waals surface area contributed by atoms with Crippen LogP contribution in [0.25, 0.3) is 0 Å². The van der Waals surface area contributed by atoms with E-state index in [1.165, 1.54) is 13.3 Å². The predicted octanol–water partition coefficient (Wildman–Crippen LogP) is 2.04. The Kier molecular flexibility index (Phi) is 4.89. The summed E-state index contributed by atoms with van der Waals surface area (Å²) in [7, 11) is 1.20. The van der Waals surface area contributed by atoms with E-state index in [1.54, 1.807) is 6.92 Å². The van der Waals surface area contributed by atoms with Crippen molar-refractivity contribution in [2.75, 3.05) is 19.0 Å². The van der Waals surface area contributed by atoms with Gasteiger partial charge in [-0.05, 0) is 20.3 Å². The number of pyridine rings is 1. The van der Waals surface area contributed by atoms with Crippen LogP contribution < -0.4 is 5.32 Å². The highest BCUT2D eigenvalue weighted by Gasteiger charge is 2.19. The van der Waals surface area contributed by atoms with Crippen LogP contribution in [-0.2, 0) is 11.2 Å². The third kappa shape index (κ3) is 3.62. The average Bonchev–Trinajstić information content (AvgIpc) is 2.86. The van der Waals surface area contributed by atoms with Crippen LogP contribution in [0, 0.1) is 24.0 Å². The Bertz CT molecular complexity index is 721. The number of ether oxygens (including phenoxy) is 1. The molecule has 1 N–H and O–H groups in total. The van der Waals surface area contributed by atoms with Crippen molar-refractivity contribution in [2.24, 2.45) is 0 Å². The summed E-state index contributed by atoms with van der Waals surface area (Å²) in [6, 6.07) is 1.14. The standard InChI is InChI=1S/C14H16N4O5/c1-8-11(9(2)23-17-8)4-5-15-13-12(18(20)21)6-10(7-16-13)14(19)22-3/h6-7H,4-5H2,1-3H3,(H,15,16). The number of anilines is 1. The van der Waals surface area contributed by atoms with Crippen molar-refractivity contribution >= 4 is 17.5 Å². The summed E-state index contributed by atoms with van der Waals surface area (Å²) in [5.41, 5.74) is 1.47. The lowest BCUT2D eigenvalue weighted by Gasteiger charge is -2.07. The zero-order valence-electron chi connectivity index (χ0n) is 13.0. The minimum Gasteiger partial charge on any atom is -0.465 e. The van der Waals surface area contributed by atoms with Crippen molar-refractivity contribution in [2.45, 2.75) is 20.3 Å². The Hall–Kier alpha value is -2.97. The Morgan fingerprint density at radius 2 is 2.22 bits per heavy atom. The lowest BCUT2D eigenvalue weighted by molar-refractivity contribution is -0.384. The molecule has 0 amide bonds. The van der Waals surface area contributed by atoms with Crippen molar-refractivity contribution in [3.63, 3.8) is 0 Å². The quantitative estimate of drug-likeness (QED) is 0.487. The molecule has 2 rings (SSSR count). The summed E-state index contributed by atoms with van der Waals surface area (Å²) in [5, 5.41) is 17.9. The molecule has 0 saturated carbocycles. The number of hydrogen-bond acceptors (Lipinski definition) is 8. The minimum atomic E-state index is -0.678. The highest BCUT2D eigenvalue weighted by atomic mass is 16.6. The van der Waals surface area contributed by atoms with Crippen LogP contribution >= 0.6 is 0 Å².